The number of nitrogens with zero attached hydrogens (tertiary/aromatic N) is 2. The lowest BCUT2D eigenvalue weighted by atomic mass is 9.90. The van der Waals surface area contributed by atoms with E-state index in [0.717, 1.165) is 66.8 Å². The Balaban J connectivity index is 1.44. The molecule has 0 spiro atoms. The molecule has 1 saturated heterocycles. The van der Waals surface area contributed by atoms with Gasteiger partial charge in [0.15, 0.2) is 0 Å². The Hall–Kier alpha value is -6.61. The summed E-state index contributed by atoms with van der Waals surface area (Å²) in [6, 6.07) is 47.1. The van der Waals surface area contributed by atoms with Crippen molar-refractivity contribution >= 4 is 28.0 Å². The molecule has 8 heteroatoms. The summed E-state index contributed by atoms with van der Waals surface area (Å²) in [5, 5.41) is 20.8. The van der Waals surface area contributed by atoms with Crippen LogP contribution in [0.2, 0.25) is 0 Å². The minimum atomic E-state index is -2.01. The van der Waals surface area contributed by atoms with Crippen LogP contribution in [-0.4, -0.2) is 38.6 Å². The normalized spacial score (nSPS) is 25.8. The van der Waals surface area contributed by atoms with E-state index in [1.54, 1.807) is 0 Å². The van der Waals surface area contributed by atoms with Gasteiger partial charge in [0.2, 0.25) is 5.66 Å². The number of fused-ring (bicyclic) bond motifs is 7. The first-order valence-electron chi connectivity index (χ1n) is 17.2. The average molecular weight is 679 g/mol. The van der Waals surface area contributed by atoms with Gasteiger partial charge >= 0.3 is 0 Å². The quantitative estimate of drug-likeness (QED) is 0.149. The molecule has 5 heterocycles. The minimum Gasteiger partial charge on any atom is -0.386 e. The van der Waals surface area contributed by atoms with E-state index < -0.39 is 17.8 Å². The van der Waals surface area contributed by atoms with Crippen molar-refractivity contribution in [2.45, 2.75) is 17.8 Å². The van der Waals surface area contributed by atoms with Crippen LogP contribution in [0.1, 0.15) is 33.6 Å². The van der Waals surface area contributed by atoms with Crippen molar-refractivity contribution in [2.75, 3.05) is 0 Å². The van der Waals surface area contributed by atoms with Gasteiger partial charge in [-0.15, -0.1) is 4.91 Å². The first-order valence-corrected chi connectivity index (χ1v) is 17.2. The van der Waals surface area contributed by atoms with Crippen molar-refractivity contribution < 1.29 is 5.11 Å². The van der Waals surface area contributed by atoms with Crippen LogP contribution in [0.5, 0.6) is 0 Å². The number of allylic oxidation sites excluding steroid dienone is 2. The number of H-pyrrole nitrogens is 2. The summed E-state index contributed by atoms with van der Waals surface area (Å²) in [4.78, 5) is 25.6. The van der Waals surface area contributed by atoms with Crippen molar-refractivity contribution in [2.24, 2.45) is 15.9 Å². The van der Waals surface area contributed by atoms with Crippen LogP contribution in [0.15, 0.2) is 179 Å². The summed E-state index contributed by atoms with van der Waals surface area (Å²) in [6.07, 6.45) is 2.70. The summed E-state index contributed by atoms with van der Waals surface area (Å²) >= 11 is 0. The molecule has 3 aliphatic rings. The van der Waals surface area contributed by atoms with Gasteiger partial charge in [0.25, 0.3) is 0 Å². The Labute approximate surface area is 299 Å². The van der Waals surface area contributed by atoms with Crippen molar-refractivity contribution in [1.29, 1.82) is 0 Å². The van der Waals surface area contributed by atoms with Crippen molar-refractivity contribution in [3.8, 4) is 0 Å². The molecular formula is C44H34N6O2. The summed E-state index contributed by atoms with van der Waals surface area (Å²) in [6.45, 7) is 0. The maximum Gasteiger partial charge on any atom is 0.219 e. The van der Waals surface area contributed by atoms with Crippen molar-refractivity contribution in [1.82, 2.24) is 15.3 Å². The van der Waals surface area contributed by atoms with Gasteiger partial charge in [-0.1, -0.05) is 121 Å². The number of aliphatic hydroxyl groups is 1. The molecule has 8 bridgehead atoms. The standard InChI is InChI=1S/C44H34N6O2/c45-44(50-52)42-40(30-19-11-4-12-20-30)36-26-24-34(48-36)38(28-15-7-2-8-16-28)32-22-21-31(46-32)37(27-13-5-1-6-14-27)33-23-25-35(47-33)39(41(49-42)43(44)51)29-17-9-3-10-18-29/h1-26,41,43,47-49,51H,45H2/b37-33-,38-32-,39-35-,42-40-/t41?,43-,44+/m0/s1. The van der Waals surface area contributed by atoms with Crippen molar-refractivity contribution in [3.05, 3.63) is 218 Å². The maximum atomic E-state index is 13.0. The lowest BCUT2D eigenvalue weighted by Gasteiger charge is -2.24. The highest BCUT2D eigenvalue weighted by molar-refractivity contribution is 6.30. The molecule has 3 aliphatic heterocycles. The second-order valence-electron chi connectivity index (χ2n) is 13.1. The van der Waals surface area contributed by atoms with Gasteiger partial charge in [0.1, 0.15) is 6.10 Å². The summed E-state index contributed by atoms with van der Waals surface area (Å²) in [5.74, 6) is 0. The molecule has 0 amide bonds. The van der Waals surface area contributed by atoms with E-state index in [4.69, 9.17) is 10.7 Å². The molecule has 8 nitrogen and oxygen atoms in total. The molecule has 0 aliphatic carbocycles. The number of benzene rings is 4. The lowest BCUT2D eigenvalue weighted by molar-refractivity contribution is 0.121. The summed E-state index contributed by atoms with van der Waals surface area (Å²) < 4.78 is 0. The SMILES string of the molecule is N[C@@]1(N=O)/C2=C(\c3ccccc3)c3ccc([nH]3)/C(c3ccccc3)=C3/C=CC(=N3)/C(c3ccccc3)=c3/cc/c([nH]3)=C(\c3ccccc3)C(N2)[C@@H]1O. The fraction of sp³-hybridized carbons (Fsp3) is 0.0682. The van der Waals surface area contributed by atoms with E-state index in [2.05, 4.69) is 56.9 Å². The molecule has 6 N–H and O–H groups in total. The Morgan fingerprint density at radius 3 is 1.71 bits per heavy atom. The van der Waals surface area contributed by atoms with Crippen LogP contribution >= 0.6 is 0 Å². The highest BCUT2D eigenvalue weighted by atomic mass is 16.3. The molecule has 252 valence electrons. The van der Waals surface area contributed by atoms with Gasteiger partial charge < -0.3 is 20.4 Å². The van der Waals surface area contributed by atoms with Crippen LogP contribution in [0.4, 0.5) is 0 Å². The average Bonchev–Trinajstić information content (AvgIpc) is 4.02. The van der Waals surface area contributed by atoms with E-state index in [1.165, 1.54) is 0 Å². The molecule has 4 aromatic carbocycles. The highest BCUT2D eigenvalue weighted by Crippen LogP contribution is 2.41. The first kappa shape index (κ1) is 31.4. The monoisotopic (exact) mass is 678 g/mol. The number of hydrogen-bond acceptors (Lipinski definition) is 6. The second kappa shape index (κ2) is 12.6. The number of rotatable bonds is 5. The highest BCUT2D eigenvalue weighted by Gasteiger charge is 2.54. The number of nitrogens with one attached hydrogen (secondary N) is 3. The van der Waals surface area contributed by atoms with Gasteiger partial charge in [-0.2, -0.15) is 0 Å². The second-order valence-corrected chi connectivity index (χ2v) is 13.1. The smallest absolute Gasteiger partial charge is 0.219 e. The van der Waals surface area contributed by atoms with E-state index in [1.807, 2.05) is 121 Å². The van der Waals surface area contributed by atoms with E-state index >= 15 is 0 Å². The molecule has 3 atom stereocenters. The zero-order valence-electron chi connectivity index (χ0n) is 28.0. The molecule has 52 heavy (non-hydrogen) atoms. The number of aromatic nitrogens is 2. The zero-order chi connectivity index (χ0) is 35.2. The third-order valence-electron chi connectivity index (χ3n) is 10.1. The van der Waals surface area contributed by atoms with Gasteiger partial charge in [-0.3, -0.25) is 5.73 Å². The number of aliphatic hydroxyl groups excluding tert-OH is 1. The number of nitroso groups, excluding NO2 is 1. The molecule has 1 fully saturated rings. The number of hydrogen-bond donors (Lipinski definition) is 5. The Bertz CT molecular complexity index is 2580. The van der Waals surface area contributed by atoms with Crippen LogP contribution in [-0.2, 0) is 0 Å². The van der Waals surface area contributed by atoms with Crippen LogP contribution in [0.3, 0.4) is 0 Å². The molecule has 6 aromatic rings. The summed E-state index contributed by atoms with van der Waals surface area (Å²) in [5.41, 5.74) is 15.2. The molecular weight excluding hydrogens is 645 g/mol. The third kappa shape index (κ3) is 5.12. The van der Waals surface area contributed by atoms with Crippen LogP contribution < -0.4 is 21.7 Å². The molecule has 1 unspecified atom stereocenters. The number of nitrogens with two attached hydrogens (primary N) is 1. The maximum absolute atomic E-state index is 13.0. The lowest BCUT2D eigenvalue weighted by Crippen LogP contribution is -2.50. The van der Waals surface area contributed by atoms with Gasteiger partial charge in [-0.05, 0) is 63.8 Å². The molecule has 0 radical (unpaired) electrons. The van der Waals surface area contributed by atoms with Crippen LogP contribution in [0, 0.1) is 4.91 Å². The largest absolute Gasteiger partial charge is 0.386 e. The number of aliphatic imine (C=N–C) groups is 1. The third-order valence-corrected chi connectivity index (χ3v) is 10.1. The Morgan fingerprint density at radius 2 is 1.12 bits per heavy atom. The molecule has 0 saturated carbocycles. The van der Waals surface area contributed by atoms with E-state index in [-0.39, 0.29) is 0 Å². The fourth-order valence-electron chi connectivity index (χ4n) is 7.63. The van der Waals surface area contributed by atoms with Crippen molar-refractivity contribution in [3.63, 3.8) is 0 Å². The topological polar surface area (TPSA) is 132 Å². The minimum absolute atomic E-state index is 0.318. The number of aromatic amines is 2. The van der Waals surface area contributed by atoms with Gasteiger partial charge in [-0.25, -0.2) is 4.99 Å². The fourth-order valence-corrected chi connectivity index (χ4v) is 7.63. The molecule has 2 aromatic heterocycles. The summed E-state index contributed by atoms with van der Waals surface area (Å²) in [7, 11) is 0. The predicted molar refractivity (Wildman–Crippen MR) is 206 cm³/mol. The first-order chi connectivity index (χ1) is 25.5. The Morgan fingerprint density at radius 1 is 0.596 bits per heavy atom. The van der Waals surface area contributed by atoms with Gasteiger partial charge in [0.05, 0.1) is 23.1 Å². The predicted octanol–water partition coefficient (Wildman–Crippen LogP) is 5.74. The Kier molecular flexibility index (Phi) is 7.61. The van der Waals surface area contributed by atoms with Gasteiger partial charge in [0, 0.05) is 44.4 Å². The van der Waals surface area contributed by atoms with E-state index in [9.17, 15) is 10.0 Å². The van der Waals surface area contributed by atoms with Crippen LogP contribution in [0.25, 0.3) is 22.3 Å². The van der Waals surface area contributed by atoms with E-state index in [0.29, 0.717) is 17.0 Å². The molecule has 9 rings (SSSR count). The zero-order valence-corrected chi connectivity index (χ0v) is 28.0.